The summed E-state index contributed by atoms with van der Waals surface area (Å²) in [6.45, 7) is 16.2. The van der Waals surface area contributed by atoms with Crippen LogP contribution in [0.4, 0.5) is 22.0 Å². The predicted octanol–water partition coefficient (Wildman–Crippen LogP) is 10.2. The van der Waals surface area contributed by atoms with E-state index in [1.54, 1.807) is 26.0 Å². The van der Waals surface area contributed by atoms with Crippen molar-refractivity contribution in [3.63, 3.8) is 0 Å². The van der Waals surface area contributed by atoms with Crippen LogP contribution < -0.4 is 19.9 Å². The first kappa shape index (κ1) is 50.2. The van der Waals surface area contributed by atoms with E-state index < -0.39 is 36.0 Å². The number of aromatic nitrogens is 1. The van der Waals surface area contributed by atoms with E-state index in [4.69, 9.17) is 28.7 Å². The topological polar surface area (TPSA) is 163 Å². The Kier molecular flexibility index (Phi) is 22.2. The van der Waals surface area contributed by atoms with Crippen molar-refractivity contribution in [2.45, 2.75) is 151 Å². The highest BCUT2D eigenvalue weighted by atomic mass is 16.6. The van der Waals surface area contributed by atoms with Crippen LogP contribution in [0.3, 0.4) is 0 Å². The normalized spacial score (nSPS) is 13.0. The van der Waals surface area contributed by atoms with Gasteiger partial charge >= 0.3 is 24.0 Å². The molecule has 2 amide bonds. The van der Waals surface area contributed by atoms with E-state index in [0.29, 0.717) is 50.5 Å². The monoisotopic (exact) mass is 851 g/mol. The number of anilines is 3. The second-order valence-electron chi connectivity index (χ2n) is 15.3. The molecule has 1 aliphatic carbocycles. The van der Waals surface area contributed by atoms with Gasteiger partial charge in [0.15, 0.2) is 11.8 Å². The molecule has 1 unspecified atom stereocenters. The summed E-state index contributed by atoms with van der Waals surface area (Å²) in [5.41, 5.74) is 0.496. The SMILES string of the molecule is CCCCCCCCCCCCOC(=O)C(C)OC(=O)c1ccc(OCCCC)c(NC(=O)C(=C(OC(C)=O)C2CC2)N(C(=O)OCC)c2ccc(N(CC)CC)nc2C)c1. The summed E-state index contributed by atoms with van der Waals surface area (Å²) in [6, 6.07) is 7.81. The molecule has 0 radical (unpaired) electrons. The Morgan fingerprint density at radius 2 is 1.44 bits per heavy atom. The van der Waals surface area contributed by atoms with E-state index in [1.165, 1.54) is 70.6 Å². The molecule has 1 atom stereocenters. The minimum atomic E-state index is -1.18. The Bertz CT molecular complexity index is 1770. The maximum atomic E-state index is 14.8. The lowest BCUT2D eigenvalue weighted by atomic mass is 10.1. The molecule has 1 aliphatic rings. The van der Waals surface area contributed by atoms with E-state index >= 15 is 0 Å². The summed E-state index contributed by atoms with van der Waals surface area (Å²) >= 11 is 0. The number of amides is 2. The number of hydrogen-bond acceptors (Lipinski definition) is 12. The molecule has 2 aromatic rings. The molecule has 1 aromatic carbocycles. The van der Waals surface area contributed by atoms with Gasteiger partial charge in [-0.2, -0.15) is 0 Å². The number of ether oxygens (including phenoxy) is 5. The van der Waals surface area contributed by atoms with Crippen molar-refractivity contribution in [1.82, 2.24) is 4.98 Å². The van der Waals surface area contributed by atoms with Gasteiger partial charge in [0.2, 0.25) is 0 Å². The van der Waals surface area contributed by atoms with Crippen LogP contribution in [0.1, 0.15) is 154 Å². The molecule has 14 nitrogen and oxygen atoms in total. The second-order valence-corrected chi connectivity index (χ2v) is 15.3. The number of benzene rings is 1. The molecule has 0 spiro atoms. The lowest BCUT2D eigenvalue weighted by molar-refractivity contribution is -0.153. The zero-order valence-electron chi connectivity index (χ0n) is 37.9. The zero-order chi connectivity index (χ0) is 44.7. The van der Waals surface area contributed by atoms with Crippen LogP contribution in [-0.4, -0.2) is 73.9 Å². The maximum Gasteiger partial charge on any atom is 0.419 e. The Labute approximate surface area is 363 Å². The van der Waals surface area contributed by atoms with E-state index in [1.807, 2.05) is 25.7 Å². The molecule has 14 heteroatoms. The molecule has 1 saturated carbocycles. The summed E-state index contributed by atoms with van der Waals surface area (Å²) in [5.74, 6) is -2.40. The summed E-state index contributed by atoms with van der Waals surface area (Å²) in [7, 11) is 0. The molecule has 0 aliphatic heterocycles. The summed E-state index contributed by atoms with van der Waals surface area (Å²) < 4.78 is 28.2. The number of rotatable bonds is 28. The van der Waals surface area contributed by atoms with Gasteiger partial charge in [-0.15, -0.1) is 0 Å². The molecular formula is C47H70N4O10. The maximum absolute atomic E-state index is 14.8. The Hall–Kier alpha value is -5.14. The zero-order valence-corrected chi connectivity index (χ0v) is 37.9. The smallest absolute Gasteiger partial charge is 0.419 e. The number of carbonyl (C=O) groups is 5. The molecule has 1 N–H and O–H groups in total. The quantitative estimate of drug-likeness (QED) is 0.0284. The molecule has 1 fully saturated rings. The third-order valence-electron chi connectivity index (χ3n) is 10.3. The van der Waals surface area contributed by atoms with Gasteiger partial charge in [-0.3, -0.25) is 9.59 Å². The van der Waals surface area contributed by atoms with Crippen LogP contribution in [0, 0.1) is 12.8 Å². The van der Waals surface area contributed by atoms with Crippen molar-refractivity contribution in [2.75, 3.05) is 48.0 Å². The number of pyridine rings is 1. The molecule has 61 heavy (non-hydrogen) atoms. The molecule has 0 saturated heterocycles. The van der Waals surface area contributed by atoms with Gasteiger partial charge < -0.3 is 33.9 Å². The van der Waals surface area contributed by atoms with Crippen molar-refractivity contribution >= 4 is 47.1 Å². The van der Waals surface area contributed by atoms with E-state index in [0.717, 1.165) is 37.0 Å². The Balaban J connectivity index is 1.90. The first-order chi connectivity index (χ1) is 29.4. The third-order valence-corrected chi connectivity index (χ3v) is 10.3. The van der Waals surface area contributed by atoms with Gasteiger partial charge in [-0.25, -0.2) is 24.3 Å². The average molecular weight is 851 g/mol. The van der Waals surface area contributed by atoms with Crippen LogP contribution in [-0.2, 0) is 33.3 Å². The van der Waals surface area contributed by atoms with E-state index in [9.17, 15) is 24.0 Å². The highest BCUT2D eigenvalue weighted by molar-refractivity contribution is 6.13. The average Bonchev–Trinajstić information content (AvgIpc) is 4.08. The minimum absolute atomic E-state index is 0.000528. The van der Waals surface area contributed by atoms with Gasteiger partial charge in [0.1, 0.15) is 17.3 Å². The molecular weight excluding hydrogens is 781 g/mol. The summed E-state index contributed by atoms with van der Waals surface area (Å²) in [4.78, 5) is 75.4. The van der Waals surface area contributed by atoms with Gasteiger partial charge in [-0.1, -0.05) is 78.1 Å². The first-order valence-electron chi connectivity index (χ1n) is 22.5. The van der Waals surface area contributed by atoms with Gasteiger partial charge in [-0.05, 0) is 90.6 Å². The van der Waals surface area contributed by atoms with E-state index in [-0.39, 0.29) is 53.3 Å². The standard InChI is InChI=1S/C47H70N4O10/c1-9-14-16-17-18-19-20-21-22-23-31-59-45(54)34(7)60-46(55)37-26-28-40(58-30-15-10-2)38(32-37)49-44(53)42(43(36-24-25-36)61-35(8)52)51(47(56)57-13-5)39-27-29-41(48-33(39)6)50(11-3)12-4/h26-29,32,34,36H,9-25,30-31H2,1-8H3,(H,49,53). The van der Waals surface area contributed by atoms with Crippen molar-refractivity contribution in [2.24, 2.45) is 5.92 Å². The number of esters is 3. The fraction of sp³-hybridized carbons (Fsp3) is 0.617. The largest absolute Gasteiger partial charge is 0.491 e. The van der Waals surface area contributed by atoms with Crippen molar-refractivity contribution in [3.8, 4) is 5.75 Å². The fourth-order valence-electron chi connectivity index (χ4n) is 6.69. The minimum Gasteiger partial charge on any atom is -0.491 e. The number of nitrogens with zero attached hydrogens (tertiary/aromatic N) is 3. The Morgan fingerprint density at radius 1 is 0.803 bits per heavy atom. The first-order valence-corrected chi connectivity index (χ1v) is 22.5. The van der Waals surface area contributed by atoms with Crippen LogP contribution >= 0.6 is 0 Å². The molecule has 338 valence electrons. The third kappa shape index (κ3) is 16.3. The summed E-state index contributed by atoms with van der Waals surface area (Å²) in [5, 5.41) is 2.83. The van der Waals surface area contributed by atoms with E-state index in [2.05, 4.69) is 12.2 Å². The number of hydrogen-bond donors (Lipinski definition) is 1. The van der Waals surface area contributed by atoms with Crippen molar-refractivity contribution in [1.29, 1.82) is 0 Å². The highest BCUT2D eigenvalue weighted by Crippen LogP contribution is 2.41. The summed E-state index contributed by atoms with van der Waals surface area (Å²) in [6.07, 6.45) is 12.2. The lowest BCUT2D eigenvalue weighted by Gasteiger charge is -2.28. The number of unbranched alkanes of at least 4 members (excludes halogenated alkanes) is 10. The number of carbonyl (C=O) groups excluding carboxylic acids is 5. The van der Waals surface area contributed by atoms with Gasteiger partial charge in [0.05, 0.1) is 42.5 Å². The molecule has 1 aromatic heterocycles. The van der Waals surface area contributed by atoms with Crippen LogP contribution in [0.5, 0.6) is 5.75 Å². The molecule has 3 rings (SSSR count). The lowest BCUT2D eigenvalue weighted by Crippen LogP contribution is -2.39. The molecule has 1 heterocycles. The number of aryl methyl sites for hydroxylation is 1. The molecule has 0 bridgehead atoms. The van der Waals surface area contributed by atoms with Crippen LogP contribution in [0.25, 0.3) is 0 Å². The van der Waals surface area contributed by atoms with Crippen LogP contribution in [0.15, 0.2) is 41.8 Å². The Morgan fingerprint density at radius 3 is 2.02 bits per heavy atom. The highest BCUT2D eigenvalue weighted by Gasteiger charge is 2.40. The predicted molar refractivity (Wildman–Crippen MR) is 237 cm³/mol. The van der Waals surface area contributed by atoms with Crippen molar-refractivity contribution in [3.05, 3.63) is 53.0 Å². The van der Waals surface area contributed by atoms with Gasteiger partial charge in [0, 0.05) is 25.9 Å². The fourth-order valence-corrected chi connectivity index (χ4v) is 6.69. The number of allylic oxidation sites excluding steroid dienone is 1. The second kappa shape index (κ2) is 26.9. The number of nitrogens with one attached hydrogen (secondary N) is 1. The van der Waals surface area contributed by atoms with Crippen molar-refractivity contribution < 1.29 is 47.7 Å². The van der Waals surface area contributed by atoms with Crippen LogP contribution in [0.2, 0.25) is 0 Å². The van der Waals surface area contributed by atoms with Gasteiger partial charge in [0.25, 0.3) is 5.91 Å².